The van der Waals surface area contributed by atoms with Crippen LogP contribution in [0.3, 0.4) is 0 Å². The van der Waals surface area contributed by atoms with Gasteiger partial charge >= 0.3 is 0 Å². The summed E-state index contributed by atoms with van der Waals surface area (Å²) in [5, 5.41) is 0. The van der Waals surface area contributed by atoms with Gasteiger partial charge in [-0.15, -0.1) is 0 Å². The maximum absolute atomic E-state index is 14.2. The van der Waals surface area contributed by atoms with E-state index in [1.54, 1.807) is 12.1 Å². The van der Waals surface area contributed by atoms with E-state index in [1.165, 1.54) is 18.1 Å². The summed E-state index contributed by atoms with van der Waals surface area (Å²) in [7, 11) is 0. The first-order valence-corrected chi connectivity index (χ1v) is 11.6. The van der Waals surface area contributed by atoms with Gasteiger partial charge in [-0.3, -0.25) is 4.79 Å². The summed E-state index contributed by atoms with van der Waals surface area (Å²) in [6.07, 6.45) is 4.25. The third-order valence-electron chi connectivity index (χ3n) is 6.64. The number of fused-ring (bicyclic) bond motifs is 1. The molecule has 5 nitrogen and oxygen atoms in total. The minimum Gasteiger partial charge on any atom is -0.366 e. The Kier molecular flexibility index (Phi) is 5.68. The second-order valence-electron chi connectivity index (χ2n) is 8.79. The van der Waals surface area contributed by atoms with E-state index in [0.717, 1.165) is 42.9 Å². The zero-order valence-electron chi connectivity index (χ0n) is 18.6. The average molecular weight is 433 g/mol. The van der Waals surface area contributed by atoms with Crippen LogP contribution in [0.5, 0.6) is 0 Å². The Hall–Kier alpha value is -3.15. The molecule has 1 aromatic heterocycles. The van der Waals surface area contributed by atoms with Crippen LogP contribution >= 0.6 is 0 Å². The van der Waals surface area contributed by atoms with Crippen LogP contribution in [0.2, 0.25) is 0 Å². The molecular formula is C26H29FN4O. The largest absolute Gasteiger partial charge is 0.366 e. The summed E-state index contributed by atoms with van der Waals surface area (Å²) in [6.45, 7) is 5.35. The molecule has 0 saturated carbocycles. The predicted molar refractivity (Wildman–Crippen MR) is 124 cm³/mol. The third-order valence-corrected chi connectivity index (χ3v) is 6.64. The number of imidazole rings is 1. The number of rotatable bonds is 3. The molecular weight excluding hydrogens is 403 g/mol. The number of para-hydroxylation sites is 1. The van der Waals surface area contributed by atoms with E-state index in [9.17, 15) is 9.18 Å². The molecule has 5 rings (SSSR count). The van der Waals surface area contributed by atoms with Gasteiger partial charge in [-0.2, -0.15) is 0 Å². The molecule has 2 aromatic carbocycles. The molecule has 32 heavy (non-hydrogen) atoms. The average Bonchev–Trinajstić information content (AvgIpc) is 3.00. The minimum absolute atomic E-state index is 0.00203. The monoisotopic (exact) mass is 432 g/mol. The molecule has 1 fully saturated rings. The van der Waals surface area contributed by atoms with Crippen molar-refractivity contribution in [3.05, 3.63) is 71.3 Å². The Morgan fingerprint density at radius 3 is 2.41 bits per heavy atom. The fourth-order valence-electron chi connectivity index (χ4n) is 4.82. The smallest absolute Gasteiger partial charge is 0.274 e. The highest BCUT2D eigenvalue weighted by Crippen LogP contribution is 2.29. The van der Waals surface area contributed by atoms with Gasteiger partial charge in [0.15, 0.2) is 0 Å². The third kappa shape index (κ3) is 3.90. The standard InChI is InChI=1S/C26H29FN4O/c1-19-10-12-20(13-11-19)25-28-24(23-9-3-2-6-14-31(23)25)26(32)30-17-15-29(16-18-30)22-8-5-4-7-21(22)27/h4-5,7-8,10-13H,2-3,6,9,14-18H2,1H3. The van der Waals surface area contributed by atoms with Crippen molar-refractivity contribution in [2.75, 3.05) is 31.1 Å². The molecule has 0 N–H and O–H groups in total. The van der Waals surface area contributed by atoms with Crippen molar-refractivity contribution in [1.29, 1.82) is 0 Å². The van der Waals surface area contributed by atoms with Gasteiger partial charge in [-0.05, 0) is 38.3 Å². The highest BCUT2D eigenvalue weighted by molar-refractivity contribution is 5.94. The van der Waals surface area contributed by atoms with Crippen LogP contribution in [0.25, 0.3) is 11.4 Å². The van der Waals surface area contributed by atoms with Gasteiger partial charge in [-0.25, -0.2) is 9.37 Å². The summed E-state index contributed by atoms with van der Waals surface area (Å²) in [6, 6.07) is 15.2. The van der Waals surface area contributed by atoms with Crippen molar-refractivity contribution in [2.24, 2.45) is 0 Å². The first-order valence-electron chi connectivity index (χ1n) is 11.6. The Morgan fingerprint density at radius 2 is 1.66 bits per heavy atom. The normalized spacial score (nSPS) is 16.6. The maximum atomic E-state index is 14.2. The number of carbonyl (C=O) groups is 1. The van der Waals surface area contributed by atoms with Crippen LogP contribution in [0, 0.1) is 12.7 Å². The number of carbonyl (C=O) groups excluding carboxylic acids is 1. The van der Waals surface area contributed by atoms with Crippen LogP contribution in [-0.2, 0) is 13.0 Å². The topological polar surface area (TPSA) is 41.4 Å². The fourth-order valence-corrected chi connectivity index (χ4v) is 4.82. The quantitative estimate of drug-likeness (QED) is 0.603. The molecule has 2 aliphatic heterocycles. The van der Waals surface area contributed by atoms with Crippen LogP contribution in [0.4, 0.5) is 10.1 Å². The lowest BCUT2D eigenvalue weighted by atomic mass is 10.1. The molecule has 0 atom stereocenters. The second-order valence-corrected chi connectivity index (χ2v) is 8.79. The number of benzene rings is 2. The first-order chi connectivity index (χ1) is 15.6. The lowest BCUT2D eigenvalue weighted by Crippen LogP contribution is -2.49. The summed E-state index contributed by atoms with van der Waals surface area (Å²) >= 11 is 0. The molecule has 0 radical (unpaired) electrons. The number of anilines is 1. The highest BCUT2D eigenvalue weighted by Gasteiger charge is 2.30. The summed E-state index contributed by atoms with van der Waals surface area (Å²) in [5.41, 5.74) is 4.54. The lowest BCUT2D eigenvalue weighted by Gasteiger charge is -2.36. The van der Waals surface area contributed by atoms with Crippen molar-refractivity contribution in [3.8, 4) is 11.4 Å². The van der Waals surface area contributed by atoms with Gasteiger partial charge in [0.05, 0.1) is 11.4 Å². The molecule has 3 heterocycles. The van der Waals surface area contributed by atoms with Gasteiger partial charge < -0.3 is 14.4 Å². The molecule has 166 valence electrons. The Morgan fingerprint density at radius 1 is 0.906 bits per heavy atom. The van der Waals surface area contributed by atoms with Gasteiger partial charge in [0.25, 0.3) is 5.91 Å². The van der Waals surface area contributed by atoms with Crippen LogP contribution in [0.15, 0.2) is 48.5 Å². The molecule has 0 unspecified atom stereocenters. The summed E-state index contributed by atoms with van der Waals surface area (Å²) < 4.78 is 16.4. The molecule has 3 aromatic rings. The van der Waals surface area contributed by atoms with E-state index in [4.69, 9.17) is 4.98 Å². The summed E-state index contributed by atoms with van der Waals surface area (Å²) in [5.74, 6) is 0.687. The zero-order valence-corrected chi connectivity index (χ0v) is 18.6. The van der Waals surface area contributed by atoms with Crippen LogP contribution < -0.4 is 4.90 Å². The molecule has 0 spiro atoms. The number of aryl methyl sites for hydroxylation is 1. The van der Waals surface area contributed by atoms with E-state index in [1.807, 2.05) is 15.9 Å². The Balaban J connectivity index is 1.40. The minimum atomic E-state index is -0.213. The Bertz CT molecular complexity index is 1110. The SMILES string of the molecule is Cc1ccc(-c2nc(C(=O)N3CCN(c4ccccc4F)CC3)c3n2CCCCC3)cc1. The van der Waals surface area contributed by atoms with Crippen molar-refractivity contribution in [2.45, 2.75) is 39.2 Å². The maximum Gasteiger partial charge on any atom is 0.274 e. The van der Waals surface area contributed by atoms with E-state index >= 15 is 0 Å². The van der Waals surface area contributed by atoms with E-state index in [2.05, 4.69) is 35.8 Å². The number of hydrogen-bond donors (Lipinski definition) is 0. The number of piperazine rings is 1. The fraction of sp³-hybridized carbons (Fsp3) is 0.385. The molecule has 0 aliphatic carbocycles. The van der Waals surface area contributed by atoms with Gasteiger partial charge in [-0.1, -0.05) is 48.4 Å². The Labute approximate surface area is 188 Å². The van der Waals surface area contributed by atoms with E-state index in [0.29, 0.717) is 37.6 Å². The summed E-state index contributed by atoms with van der Waals surface area (Å²) in [4.78, 5) is 22.3. The number of amides is 1. The van der Waals surface area contributed by atoms with Crippen molar-refractivity contribution in [1.82, 2.24) is 14.5 Å². The molecule has 2 aliphatic rings. The molecule has 0 bridgehead atoms. The van der Waals surface area contributed by atoms with Crippen molar-refractivity contribution < 1.29 is 9.18 Å². The van der Waals surface area contributed by atoms with Crippen molar-refractivity contribution >= 4 is 11.6 Å². The number of aromatic nitrogens is 2. The second kappa shape index (κ2) is 8.77. The first kappa shape index (κ1) is 20.7. The van der Waals surface area contributed by atoms with Gasteiger partial charge in [0, 0.05) is 38.3 Å². The zero-order chi connectivity index (χ0) is 22.1. The molecule has 1 saturated heterocycles. The highest BCUT2D eigenvalue weighted by atomic mass is 19.1. The van der Waals surface area contributed by atoms with Crippen molar-refractivity contribution in [3.63, 3.8) is 0 Å². The number of hydrogen-bond acceptors (Lipinski definition) is 3. The molecule has 6 heteroatoms. The number of nitrogens with zero attached hydrogens (tertiary/aromatic N) is 4. The predicted octanol–water partition coefficient (Wildman–Crippen LogP) is 4.69. The lowest BCUT2D eigenvalue weighted by molar-refractivity contribution is 0.0740. The van der Waals surface area contributed by atoms with Gasteiger partial charge in [0.1, 0.15) is 17.3 Å². The number of halogens is 1. The van der Waals surface area contributed by atoms with Crippen LogP contribution in [-0.4, -0.2) is 46.5 Å². The molecule has 1 amide bonds. The van der Waals surface area contributed by atoms with E-state index in [-0.39, 0.29) is 11.7 Å². The van der Waals surface area contributed by atoms with Gasteiger partial charge in [0.2, 0.25) is 0 Å². The van der Waals surface area contributed by atoms with E-state index < -0.39 is 0 Å². The van der Waals surface area contributed by atoms with Crippen LogP contribution in [0.1, 0.15) is 41.0 Å².